The van der Waals surface area contributed by atoms with Gasteiger partial charge in [0.15, 0.2) is 11.5 Å². The third-order valence-corrected chi connectivity index (χ3v) is 6.28. The Balaban J connectivity index is 1.27. The molecule has 11 nitrogen and oxygen atoms in total. The highest BCUT2D eigenvalue weighted by atomic mass is 31.1. The van der Waals surface area contributed by atoms with E-state index in [4.69, 9.17) is 19.7 Å². The van der Waals surface area contributed by atoms with Gasteiger partial charge in [0.05, 0.1) is 24.7 Å². The van der Waals surface area contributed by atoms with Gasteiger partial charge in [0.25, 0.3) is 8.03 Å². The van der Waals surface area contributed by atoms with E-state index in [-0.39, 0.29) is 19.1 Å². The maximum absolute atomic E-state index is 12.7. The summed E-state index contributed by atoms with van der Waals surface area (Å²) in [6.45, 7) is 4.16. The van der Waals surface area contributed by atoms with Crippen molar-refractivity contribution < 1.29 is 23.4 Å². The number of ether oxygens (including phenoxy) is 2. The summed E-state index contributed by atoms with van der Waals surface area (Å²) in [7, 11) is -2.59. The molecule has 0 fully saturated rings. The van der Waals surface area contributed by atoms with Crippen LogP contribution in [0.2, 0.25) is 0 Å². The van der Waals surface area contributed by atoms with Crippen LogP contribution in [0.15, 0.2) is 67.3 Å². The molecule has 37 heavy (non-hydrogen) atoms. The number of fused-ring (bicyclic) bond motifs is 1. The zero-order valence-electron chi connectivity index (χ0n) is 20.5. The molecule has 0 aliphatic carbocycles. The van der Waals surface area contributed by atoms with Gasteiger partial charge >= 0.3 is 5.97 Å². The minimum Gasteiger partial charge on any atom is -0.459 e. The smallest absolute Gasteiger partial charge is 0.328 e. The number of hydrogen-bond donors (Lipinski definition) is 2. The number of anilines is 2. The van der Waals surface area contributed by atoms with Crippen molar-refractivity contribution in [2.45, 2.75) is 39.1 Å². The van der Waals surface area contributed by atoms with Crippen LogP contribution in [0.4, 0.5) is 11.5 Å². The largest absolute Gasteiger partial charge is 0.459 e. The Kier molecular flexibility index (Phi) is 8.71. The first-order valence-electron chi connectivity index (χ1n) is 11.7. The zero-order chi connectivity index (χ0) is 26.2. The first-order valence-corrected chi connectivity index (χ1v) is 13.2. The Hall–Kier alpha value is -3.95. The molecule has 2 aromatic heterocycles. The molecule has 0 aliphatic rings. The number of nitrogen functional groups attached to an aromatic ring is 1. The van der Waals surface area contributed by atoms with E-state index in [1.165, 1.54) is 6.33 Å². The Bertz CT molecular complexity index is 1370. The second kappa shape index (κ2) is 12.3. The number of nitrogens with zero attached hydrogens (tertiary/aromatic N) is 4. The summed E-state index contributed by atoms with van der Waals surface area (Å²) in [5, 5.41) is 3.07. The van der Waals surface area contributed by atoms with Crippen LogP contribution >= 0.6 is 8.03 Å². The van der Waals surface area contributed by atoms with Crippen LogP contribution < -0.4 is 15.6 Å². The van der Waals surface area contributed by atoms with Gasteiger partial charge in [-0.1, -0.05) is 42.5 Å². The van der Waals surface area contributed by atoms with Gasteiger partial charge in [-0.25, -0.2) is 19.7 Å². The highest BCUT2D eigenvalue weighted by molar-refractivity contribution is 7.39. The van der Waals surface area contributed by atoms with Crippen LogP contribution in [0.1, 0.15) is 19.4 Å². The molecule has 0 aliphatic heterocycles. The van der Waals surface area contributed by atoms with Gasteiger partial charge in [-0.2, -0.15) is 0 Å². The molecule has 0 spiro atoms. The molecule has 0 saturated carbocycles. The minimum absolute atomic E-state index is 0.0847. The molecule has 4 rings (SSSR count). The summed E-state index contributed by atoms with van der Waals surface area (Å²) in [4.78, 5) is 24.8. The fourth-order valence-corrected chi connectivity index (χ4v) is 4.45. The molecule has 2 aromatic carbocycles. The molecule has 0 saturated heterocycles. The van der Waals surface area contributed by atoms with E-state index >= 15 is 0 Å². The van der Waals surface area contributed by atoms with Gasteiger partial charge in [0, 0.05) is 0 Å². The molecule has 2 heterocycles. The van der Waals surface area contributed by atoms with Crippen molar-refractivity contribution in [1.82, 2.24) is 19.5 Å². The van der Waals surface area contributed by atoms with E-state index in [0.29, 0.717) is 35.0 Å². The maximum atomic E-state index is 12.7. The van der Waals surface area contributed by atoms with E-state index in [1.54, 1.807) is 42.1 Å². The van der Waals surface area contributed by atoms with Crippen LogP contribution in [-0.2, 0) is 32.0 Å². The average molecular weight is 525 g/mol. The second-order valence-corrected chi connectivity index (χ2v) is 9.62. The van der Waals surface area contributed by atoms with Crippen LogP contribution in [0.5, 0.6) is 5.75 Å². The van der Waals surface area contributed by atoms with Crippen LogP contribution in [0, 0.1) is 0 Å². The topological polar surface area (TPSA) is 143 Å². The summed E-state index contributed by atoms with van der Waals surface area (Å²) in [6.07, 6.45) is 2.62. The lowest BCUT2D eigenvalue weighted by Crippen LogP contribution is -2.28. The molecule has 194 valence electrons. The Morgan fingerprint density at radius 3 is 2.65 bits per heavy atom. The normalized spacial score (nSPS) is 13.6. The fourth-order valence-electron chi connectivity index (χ4n) is 3.55. The summed E-state index contributed by atoms with van der Waals surface area (Å²) in [5.41, 5.74) is 8.38. The summed E-state index contributed by atoms with van der Waals surface area (Å²) in [5.74, 6) is 0.252. The van der Waals surface area contributed by atoms with Crippen molar-refractivity contribution in [3.8, 4) is 5.75 Å². The van der Waals surface area contributed by atoms with Gasteiger partial charge in [-0.05, 0) is 31.5 Å². The number of esters is 1. The SMILES string of the molecule is CC(Cn1cnc2c(N)ncnc21)OC[PH](=O)Oc1ccccc1N[C@@H](C)C(=O)OCc1ccccc1. The first-order chi connectivity index (χ1) is 17.9. The van der Waals surface area contributed by atoms with Crippen molar-refractivity contribution in [3.05, 3.63) is 72.8 Å². The average Bonchev–Trinajstić information content (AvgIpc) is 3.31. The van der Waals surface area contributed by atoms with E-state index < -0.39 is 20.0 Å². The van der Waals surface area contributed by atoms with Crippen LogP contribution in [0.3, 0.4) is 0 Å². The van der Waals surface area contributed by atoms with Crippen LogP contribution in [0.25, 0.3) is 11.2 Å². The van der Waals surface area contributed by atoms with E-state index in [0.717, 1.165) is 5.56 Å². The highest BCUT2D eigenvalue weighted by Crippen LogP contribution is 2.33. The number of rotatable bonds is 12. The van der Waals surface area contributed by atoms with Gasteiger partial charge in [-0.3, -0.25) is 4.57 Å². The summed E-state index contributed by atoms with van der Waals surface area (Å²) >= 11 is 0. The maximum Gasteiger partial charge on any atom is 0.328 e. The predicted octanol–water partition coefficient (Wildman–Crippen LogP) is 3.87. The standard InChI is InChI=1S/C25H29N6O5P/c1-17(12-31-15-29-22-23(26)27-14-28-24(22)31)35-16-37(33)36-21-11-7-6-10-20(21)30-18(2)25(32)34-13-19-8-4-3-5-9-19/h3-11,14-15,17-18,30,37H,12-13,16H2,1-2H3,(H2,26,27,28)/t17?,18-/m0/s1. The number of aromatic nitrogens is 4. The number of nitrogens with one attached hydrogen (secondary N) is 1. The number of nitrogens with two attached hydrogens (primary N) is 1. The number of para-hydroxylation sites is 2. The minimum atomic E-state index is -2.59. The Morgan fingerprint density at radius 1 is 1.08 bits per heavy atom. The number of hydrogen-bond acceptors (Lipinski definition) is 10. The van der Waals surface area contributed by atoms with Gasteiger partial charge in [-0.15, -0.1) is 0 Å². The molecule has 0 radical (unpaired) electrons. The quantitative estimate of drug-likeness (QED) is 0.207. The fraction of sp³-hybridized carbons (Fsp3) is 0.280. The zero-order valence-corrected chi connectivity index (χ0v) is 21.5. The van der Waals surface area contributed by atoms with Gasteiger partial charge < -0.3 is 29.6 Å². The monoisotopic (exact) mass is 524 g/mol. The third-order valence-electron chi connectivity index (χ3n) is 5.43. The van der Waals surface area contributed by atoms with Crippen molar-refractivity contribution in [2.75, 3.05) is 17.4 Å². The molecule has 0 amide bonds. The number of carbonyl (C=O) groups excluding carboxylic acids is 1. The Labute approximate surface area is 214 Å². The van der Waals surface area contributed by atoms with Crippen molar-refractivity contribution >= 4 is 36.7 Å². The molecule has 12 heteroatoms. The molecular formula is C25H29N6O5P. The molecule has 3 N–H and O–H groups in total. The predicted molar refractivity (Wildman–Crippen MR) is 141 cm³/mol. The third kappa shape index (κ3) is 7.05. The van der Waals surface area contributed by atoms with Crippen molar-refractivity contribution in [2.24, 2.45) is 0 Å². The van der Waals surface area contributed by atoms with E-state index in [2.05, 4.69) is 20.3 Å². The lowest BCUT2D eigenvalue weighted by Gasteiger charge is -2.18. The second-order valence-electron chi connectivity index (χ2n) is 8.38. The number of carbonyl (C=O) groups is 1. The van der Waals surface area contributed by atoms with Crippen molar-refractivity contribution in [3.63, 3.8) is 0 Å². The molecular weight excluding hydrogens is 495 g/mol. The molecule has 4 aromatic rings. The lowest BCUT2D eigenvalue weighted by molar-refractivity contribution is -0.145. The van der Waals surface area contributed by atoms with Crippen LogP contribution in [-0.4, -0.2) is 44.0 Å². The van der Waals surface area contributed by atoms with E-state index in [1.807, 2.05) is 37.3 Å². The molecule has 2 unspecified atom stereocenters. The molecule has 3 atom stereocenters. The first kappa shape index (κ1) is 26.1. The molecule has 0 bridgehead atoms. The number of benzene rings is 2. The summed E-state index contributed by atoms with van der Waals surface area (Å²) < 4.78 is 31.3. The Morgan fingerprint density at radius 2 is 1.84 bits per heavy atom. The number of imidazole rings is 1. The van der Waals surface area contributed by atoms with E-state index in [9.17, 15) is 9.36 Å². The highest BCUT2D eigenvalue weighted by Gasteiger charge is 2.18. The van der Waals surface area contributed by atoms with Crippen molar-refractivity contribution in [1.29, 1.82) is 0 Å². The van der Waals surface area contributed by atoms with Gasteiger partial charge in [0.2, 0.25) is 0 Å². The van der Waals surface area contributed by atoms with Gasteiger partial charge in [0.1, 0.15) is 36.6 Å². The lowest BCUT2D eigenvalue weighted by atomic mass is 10.2. The summed E-state index contributed by atoms with van der Waals surface area (Å²) in [6, 6.07) is 15.8.